The van der Waals surface area contributed by atoms with E-state index in [0.717, 1.165) is 16.5 Å². The number of rotatable bonds is 7. The van der Waals surface area contributed by atoms with Gasteiger partial charge < -0.3 is 9.40 Å². The van der Waals surface area contributed by atoms with Gasteiger partial charge in [-0.15, -0.1) is 0 Å². The van der Waals surface area contributed by atoms with Gasteiger partial charge in [0.15, 0.2) is 5.76 Å². The number of furan rings is 1. The number of carbonyl (C=O) groups excluding carboxylic acids is 2. The average Bonchev–Trinajstić information content (AvgIpc) is 3.48. The van der Waals surface area contributed by atoms with Gasteiger partial charge in [0.05, 0.1) is 11.2 Å². The van der Waals surface area contributed by atoms with Crippen molar-refractivity contribution in [3.63, 3.8) is 0 Å². The Morgan fingerprint density at radius 3 is 2.48 bits per heavy atom. The minimum atomic E-state index is -4.07. The fourth-order valence-corrected chi connectivity index (χ4v) is 4.57. The first-order valence-electron chi connectivity index (χ1n) is 9.80. The molecular formula is C22H19ClN4O5S. The van der Waals surface area contributed by atoms with Crippen LogP contribution in [0.3, 0.4) is 0 Å². The molecule has 2 aromatic heterocycles. The van der Waals surface area contributed by atoms with Gasteiger partial charge in [0, 0.05) is 22.1 Å². The molecule has 170 valence electrons. The van der Waals surface area contributed by atoms with Crippen LogP contribution < -0.4 is 15.6 Å². The molecule has 0 spiro atoms. The molecule has 0 bridgehead atoms. The number of nitrogens with one attached hydrogen (secondary N) is 4. The Labute approximate surface area is 194 Å². The predicted molar refractivity (Wildman–Crippen MR) is 122 cm³/mol. The number of benzene rings is 2. The number of fused-ring (bicyclic) bond motifs is 1. The molecule has 2 amide bonds. The SMILES string of the molecule is O=C(NNC(=O)[C@H](Cc1c[nH]c2ccccc12)NS(=O)(=O)c1ccc(Cl)cc1)c1ccco1. The summed E-state index contributed by atoms with van der Waals surface area (Å²) in [5.74, 6) is -1.44. The van der Waals surface area contributed by atoms with E-state index in [9.17, 15) is 18.0 Å². The summed E-state index contributed by atoms with van der Waals surface area (Å²) in [6, 6.07) is 14.7. The Morgan fingerprint density at radius 2 is 1.76 bits per heavy atom. The second kappa shape index (κ2) is 9.49. The topological polar surface area (TPSA) is 133 Å². The highest BCUT2D eigenvalue weighted by Crippen LogP contribution is 2.20. The molecule has 4 rings (SSSR count). The molecule has 1 atom stereocenters. The van der Waals surface area contributed by atoms with Crippen LogP contribution in [0.5, 0.6) is 0 Å². The number of hydrazine groups is 1. The number of sulfonamides is 1. The van der Waals surface area contributed by atoms with Crippen molar-refractivity contribution in [2.75, 3.05) is 0 Å². The summed E-state index contributed by atoms with van der Waals surface area (Å²) < 4.78 is 33.3. The van der Waals surface area contributed by atoms with Gasteiger partial charge in [0.2, 0.25) is 10.0 Å². The highest BCUT2D eigenvalue weighted by Gasteiger charge is 2.27. The van der Waals surface area contributed by atoms with Gasteiger partial charge in [-0.25, -0.2) is 8.42 Å². The van der Waals surface area contributed by atoms with Gasteiger partial charge in [0.1, 0.15) is 6.04 Å². The zero-order chi connectivity index (χ0) is 23.4. The van der Waals surface area contributed by atoms with Crippen molar-refractivity contribution in [2.45, 2.75) is 17.4 Å². The van der Waals surface area contributed by atoms with Crippen LogP contribution in [0.15, 0.2) is 82.4 Å². The lowest BCUT2D eigenvalue weighted by Crippen LogP contribution is -2.53. The number of H-pyrrole nitrogens is 1. The second-order valence-electron chi connectivity index (χ2n) is 7.11. The maximum absolute atomic E-state index is 12.9. The fraction of sp³-hybridized carbons (Fsp3) is 0.0909. The molecule has 0 fully saturated rings. The molecule has 0 saturated carbocycles. The summed E-state index contributed by atoms with van der Waals surface area (Å²) in [6.45, 7) is 0. The molecule has 4 N–H and O–H groups in total. The van der Waals surface area contributed by atoms with Crippen molar-refractivity contribution in [3.8, 4) is 0 Å². The number of hydrogen-bond donors (Lipinski definition) is 4. The molecule has 0 aliphatic rings. The first-order valence-corrected chi connectivity index (χ1v) is 11.7. The fourth-order valence-electron chi connectivity index (χ4n) is 3.25. The van der Waals surface area contributed by atoms with Gasteiger partial charge in [-0.1, -0.05) is 29.8 Å². The maximum atomic E-state index is 12.9. The summed E-state index contributed by atoms with van der Waals surface area (Å²) in [4.78, 5) is 28.1. The summed E-state index contributed by atoms with van der Waals surface area (Å²) >= 11 is 5.85. The molecule has 11 heteroatoms. The Hall–Kier alpha value is -3.60. The van der Waals surface area contributed by atoms with E-state index in [1.807, 2.05) is 24.3 Å². The summed E-state index contributed by atoms with van der Waals surface area (Å²) in [6.07, 6.45) is 3.05. The van der Waals surface area contributed by atoms with Crippen LogP contribution in [0.4, 0.5) is 0 Å². The van der Waals surface area contributed by atoms with E-state index >= 15 is 0 Å². The van der Waals surface area contributed by atoms with Crippen molar-refractivity contribution >= 4 is 44.3 Å². The lowest BCUT2D eigenvalue weighted by molar-refractivity contribution is -0.123. The highest BCUT2D eigenvalue weighted by molar-refractivity contribution is 7.89. The molecule has 0 unspecified atom stereocenters. The summed E-state index contributed by atoms with van der Waals surface area (Å²) in [7, 11) is -4.07. The number of halogens is 1. The lowest BCUT2D eigenvalue weighted by atomic mass is 10.1. The molecule has 0 aliphatic carbocycles. The molecule has 2 heterocycles. The number of para-hydroxylation sites is 1. The Balaban J connectivity index is 1.57. The minimum Gasteiger partial charge on any atom is -0.459 e. The smallest absolute Gasteiger partial charge is 0.305 e. The Kier molecular flexibility index (Phi) is 6.50. The third-order valence-electron chi connectivity index (χ3n) is 4.88. The first kappa shape index (κ1) is 22.6. The maximum Gasteiger partial charge on any atom is 0.305 e. The van der Waals surface area contributed by atoms with Gasteiger partial charge in [-0.3, -0.25) is 20.4 Å². The van der Waals surface area contributed by atoms with Crippen LogP contribution >= 0.6 is 11.6 Å². The van der Waals surface area contributed by atoms with Crippen LogP contribution in [-0.4, -0.2) is 31.3 Å². The highest BCUT2D eigenvalue weighted by atomic mass is 35.5. The second-order valence-corrected chi connectivity index (χ2v) is 9.26. The third kappa shape index (κ3) is 5.25. The molecule has 0 radical (unpaired) electrons. The van der Waals surface area contributed by atoms with E-state index in [1.54, 1.807) is 6.20 Å². The zero-order valence-electron chi connectivity index (χ0n) is 17.0. The molecule has 4 aromatic rings. The minimum absolute atomic E-state index is 0.00905. The number of carbonyl (C=O) groups is 2. The number of amides is 2. The van der Waals surface area contributed by atoms with E-state index in [2.05, 4.69) is 20.6 Å². The molecular weight excluding hydrogens is 468 g/mol. The van der Waals surface area contributed by atoms with E-state index in [4.69, 9.17) is 16.0 Å². The standard InChI is InChI=1S/C22H19ClN4O5S/c23-15-7-9-16(10-8-15)33(30,31)27-19(12-14-13-24-18-5-2-1-4-17(14)18)21(28)25-26-22(29)20-6-3-11-32-20/h1-11,13,19,24,27H,12H2,(H,25,28)(H,26,29)/t19-/m0/s1. The monoisotopic (exact) mass is 486 g/mol. The van der Waals surface area contributed by atoms with Crippen LogP contribution in [0.2, 0.25) is 5.02 Å². The molecule has 2 aromatic carbocycles. The van der Waals surface area contributed by atoms with Crippen LogP contribution in [0.1, 0.15) is 16.1 Å². The molecule has 0 aliphatic heterocycles. The van der Waals surface area contributed by atoms with Crippen molar-refractivity contribution in [1.29, 1.82) is 0 Å². The van der Waals surface area contributed by atoms with Crippen molar-refractivity contribution in [1.82, 2.24) is 20.6 Å². The van der Waals surface area contributed by atoms with Gasteiger partial charge >= 0.3 is 5.91 Å². The quantitative estimate of drug-likeness (QED) is 0.298. The summed E-state index contributed by atoms with van der Waals surface area (Å²) in [5.41, 5.74) is 6.05. The van der Waals surface area contributed by atoms with E-state index < -0.39 is 27.9 Å². The first-order chi connectivity index (χ1) is 15.8. The van der Waals surface area contributed by atoms with Gasteiger partial charge in [-0.05, 0) is 54.4 Å². The predicted octanol–water partition coefficient (Wildman–Crippen LogP) is 2.77. The molecule has 0 saturated heterocycles. The number of aromatic nitrogens is 1. The average molecular weight is 487 g/mol. The Bertz CT molecular complexity index is 1380. The zero-order valence-corrected chi connectivity index (χ0v) is 18.6. The van der Waals surface area contributed by atoms with E-state index in [0.29, 0.717) is 5.02 Å². The summed E-state index contributed by atoms with van der Waals surface area (Å²) in [5, 5.41) is 1.23. The molecule has 33 heavy (non-hydrogen) atoms. The number of aromatic amines is 1. The molecule has 9 nitrogen and oxygen atoms in total. The van der Waals surface area contributed by atoms with Crippen LogP contribution in [0.25, 0.3) is 10.9 Å². The van der Waals surface area contributed by atoms with Gasteiger partial charge in [0.25, 0.3) is 5.91 Å². The number of hydrogen-bond acceptors (Lipinski definition) is 5. The Morgan fingerprint density at radius 1 is 1.00 bits per heavy atom. The van der Waals surface area contributed by atoms with Crippen molar-refractivity contribution in [3.05, 3.63) is 89.5 Å². The largest absolute Gasteiger partial charge is 0.459 e. The van der Waals surface area contributed by atoms with Crippen molar-refractivity contribution in [2.24, 2.45) is 0 Å². The van der Waals surface area contributed by atoms with Crippen molar-refractivity contribution < 1.29 is 22.4 Å². The normalized spacial score (nSPS) is 12.4. The lowest BCUT2D eigenvalue weighted by Gasteiger charge is -2.18. The van der Waals surface area contributed by atoms with Crippen LogP contribution in [-0.2, 0) is 21.2 Å². The third-order valence-corrected chi connectivity index (χ3v) is 6.62. The van der Waals surface area contributed by atoms with Crippen LogP contribution in [0, 0.1) is 0 Å². The van der Waals surface area contributed by atoms with E-state index in [-0.39, 0.29) is 17.1 Å². The van der Waals surface area contributed by atoms with E-state index in [1.165, 1.54) is 42.7 Å². The van der Waals surface area contributed by atoms with Gasteiger partial charge in [-0.2, -0.15) is 4.72 Å².